The lowest BCUT2D eigenvalue weighted by molar-refractivity contribution is 0.0984. The van der Waals surface area contributed by atoms with Crippen molar-refractivity contribution in [3.8, 4) is 0 Å². The molecule has 1 amide bonds. The van der Waals surface area contributed by atoms with Gasteiger partial charge < -0.3 is 5.73 Å². The molecule has 1 aliphatic rings. The first kappa shape index (κ1) is 13.1. The van der Waals surface area contributed by atoms with E-state index in [4.69, 9.17) is 5.73 Å². The number of pyridine rings is 1. The van der Waals surface area contributed by atoms with Crippen molar-refractivity contribution in [1.29, 1.82) is 0 Å². The summed E-state index contributed by atoms with van der Waals surface area (Å²) in [5.74, 6) is 0.637. The molecule has 2 aromatic rings. The predicted octanol–water partition coefficient (Wildman–Crippen LogP) is 3.24. The quantitative estimate of drug-likeness (QED) is 0.939. The van der Waals surface area contributed by atoms with E-state index >= 15 is 0 Å². The van der Waals surface area contributed by atoms with Crippen LogP contribution in [0.25, 0.3) is 0 Å². The van der Waals surface area contributed by atoms with Crippen LogP contribution in [0.5, 0.6) is 0 Å². The Hall–Kier alpha value is -1.88. The molecule has 3 rings (SSSR count). The minimum Gasteiger partial charge on any atom is -0.397 e. The number of nitrogens with two attached hydrogens (primary N) is 1. The van der Waals surface area contributed by atoms with Crippen molar-refractivity contribution in [2.75, 3.05) is 10.6 Å². The van der Waals surface area contributed by atoms with Crippen molar-refractivity contribution in [2.45, 2.75) is 18.9 Å². The molecule has 1 fully saturated rings. The summed E-state index contributed by atoms with van der Waals surface area (Å²) in [6.07, 6.45) is 3.62. The second kappa shape index (κ2) is 5.25. The largest absolute Gasteiger partial charge is 0.397 e. The Morgan fingerprint density at radius 3 is 2.70 bits per heavy atom. The van der Waals surface area contributed by atoms with Crippen LogP contribution >= 0.6 is 15.9 Å². The molecule has 0 bridgehead atoms. The Morgan fingerprint density at radius 1 is 1.30 bits per heavy atom. The first-order chi connectivity index (χ1) is 9.65. The number of anilines is 2. The molecular weight excluding hydrogens is 318 g/mol. The fourth-order valence-corrected chi connectivity index (χ4v) is 2.49. The number of carbonyl (C=O) groups is 1. The molecule has 1 aromatic heterocycles. The molecule has 2 N–H and O–H groups in total. The van der Waals surface area contributed by atoms with Gasteiger partial charge in [0.2, 0.25) is 0 Å². The standard InChI is InChI=1S/C15H14BrN3O/c16-11-3-1-2-10(8-11)15(20)19(13-5-6-13)14-7-4-12(17)9-18-14/h1-4,7-9,13H,5-6,17H2. The van der Waals surface area contributed by atoms with E-state index in [2.05, 4.69) is 20.9 Å². The number of halogens is 1. The SMILES string of the molecule is Nc1ccc(N(C(=O)c2cccc(Br)c2)C2CC2)nc1. The van der Waals surface area contributed by atoms with Crippen LogP contribution in [0, 0.1) is 0 Å². The molecule has 5 heteroatoms. The van der Waals surface area contributed by atoms with Crippen LogP contribution in [-0.2, 0) is 0 Å². The second-order valence-electron chi connectivity index (χ2n) is 4.87. The molecule has 1 aliphatic carbocycles. The van der Waals surface area contributed by atoms with Gasteiger partial charge in [-0.1, -0.05) is 22.0 Å². The molecule has 0 unspecified atom stereocenters. The normalized spacial score (nSPS) is 14.1. The van der Waals surface area contributed by atoms with E-state index in [0.29, 0.717) is 17.1 Å². The number of benzene rings is 1. The van der Waals surface area contributed by atoms with Crippen molar-refractivity contribution in [3.63, 3.8) is 0 Å². The first-order valence-corrected chi connectivity index (χ1v) is 7.25. The fraction of sp³-hybridized carbons (Fsp3) is 0.200. The molecule has 0 radical (unpaired) electrons. The summed E-state index contributed by atoms with van der Waals surface area (Å²) >= 11 is 3.40. The molecule has 1 saturated carbocycles. The average Bonchev–Trinajstić information content (AvgIpc) is 3.26. The van der Waals surface area contributed by atoms with Crippen molar-refractivity contribution in [3.05, 3.63) is 52.6 Å². The van der Waals surface area contributed by atoms with E-state index < -0.39 is 0 Å². The maximum absolute atomic E-state index is 12.7. The van der Waals surface area contributed by atoms with Gasteiger partial charge in [0.05, 0.1) is 11.9 Å². The zero-order chi connectivity index (χ0) is 14.1. The third-order valence-corrected chi connectivity index (χ3v) is 3.71. The summed E-state index contributed by atoms with van der Waals surface area (Å²) < 4.78 is 0.893. The molecule has 1 heterocycles. The smallest absolute Gasteiger partial charge is 0.259 e. The van der Waals surface area contributed by atoms with E-state index in [1.54, 1.807) is 23.2 Å². The van der Waals surface area contributed by atoms with Gasteiger partial charge in [0, 0.05) is 16.1 Å². The van der Waals surface area contributed by atoms with E-state index in [9.17, 15) is 4.79 Å². The van der Waals surface area contributed by atoms with Gasteiger partial charge in [0.15, 0.2) is 0 Å². The minimum atomic E-state index is -0.0222. The summed E-state index contributed by atoms with van der Waals surface area (Å²) in [5.41, 5.74) is 6.91. The number of aromatic nitrogens is 1. The molecule has 0 saturated heterocycles. The van der Waals surface area contributed by atoms with Crippen LogP contribution < -0.4 is 10.6 Å². The van der Waals surface area contributed by atoms with Crippen molar-refractivity contribution >= 4 is 33.3 Å². The monoisotopic (exact) mass is 331 g/mol. The highest BCUT2D eigenvalue weighted by Gasteiger charge is 2.35. The number of nitrogens with zero attached hydrogens (tertiary/aromatic N) is 2. The predicted molar refractivity (Wildman–Crippen MR) is 82.6 cm³/mol. The molecule has 102 valence electrons. The van der Waals surface area contributed by atoms with Crippen molar-refractivity contribution in [2.24, 2.45) is 0 Å². The highest BCUT2D eigenvalue weighted by Crippen LogP contribution is 2.32. The van der Waals surface area contributed by atoms with E-state index in [1.807, 2.05) is 24.3 Å². The summed E-state index contributed by atoms with van der Waals surface area (Å²) in [6.45, 7) is 0. The summed E-state index contributed by atoms with van der Waals surface area (Å²) in [5, 5.41) is 0. The Bertz CT molecular complexity index is 638. The van der Waals surface area contributed by atoms with E-state index in [0.717, 1.165) is 17.3 Å². The zero-order valence-electron chi connectivity index (χ0n) is 10.8. The van der Waals surface area contributed by atoms with Gasteiger partial charge in [-0.05, 0) is 43.2 Å². The molecule has 20 heavy (non-hydrogen) atoms. The Labute approximate surface area is 125 Å². The van der Waals surface area contributed by atoms with Gasteiger partial charge in [0.1, 0.15) is 5.82 Å². The fourth-order valence-electron chi connectivity index (χ4n) is 2.09. The number of nitrogen functional groups attached to an aromatic ring is 1. The summed E-state index contributed by atoms with van der Waals surface area (Å²) in [7, 11) is 0. The molecule has 4 nitrogen and oxygen atoms in total. The maximum Gasteiger partial charge on any atom is 0.259 e. The van der Waals surface area contributed by atoms with Gasteiger partial charge >= 0.3 is 0 Å². The van der Waals surface area contributed by atoms with Crippen LogP contribution in [0.15, 0.2) is 47.1 Å². The lowest BCUT2D eigenvalue weighted by atomic mass is 10.2. The molecule has 0 aliphatic heterocycles. The maximum atomic E-state index is 12.7. The topological polar surface area (TPSA) is 59.2 Å². The highest BCUT2D eigenvalue weighted by atomic mass is 79.9. The number of carbonyl (C=O) groups excluding carboxylic acids is 1. The lowest BCUT2D eigenvalue weighted by Crippen LogP contribution is -2.33. The van der Waals surface area contributed by atoms with Gasteiger partial charge in [-0.25, -0.2) is 4.98 Å². The van der Waals surface area contributed by atoms with Crippen molar-refractivity contribution in [1.82, 2.24) is 4.98 Å². The summed E-state index contributed by atoms with van der Waals surface area (Å²) in [4.78, 5) is 18.7. The zero-order valence-corrected chi connectivity index (χ0v) is 12.4. The van der Waals surface area contributed by atoms with Crippen LogP contribution in [0.2, 0.25) is 0 Å². The van der Waals surface area contributed by atoms with Crippen LogP contribution in [0.4, 0.5) is 11.5 Å². The first-order valence-electron chi connectivity index (χ1n) is 6.46. The van der Waals surface area contributed by atoms with Crippen molar-refractivity contribution < 1.29 is 4.79 Å². The Balaban J connectivity index is 1.94. The van der Waals surface area contributed by atoms with Crippen LogP contribution in [-0.4, -0.2) is 16.9 Å². The second-order valence-corrected chi connectivity index (χ2v) is 5.78. The average molecular weight is 332 g/mol. The van der Waals surface area contributed by atoms with Crippen LogP contribution in [0.1, 0.15) is 23.2 Å². The number of rotatable bonds is 3. The summed E-state index contributed by atoms with van der Waals surface area (Å²) in [6, 6.07) is 11.2. The third-order valence-electron chi connectivity index (χ3n) is 3.22. The van der Waals surface area contributed by atoms with Gasteiger partial charge in [-0.2, -0.15) is 0 Å². The molecule has 1 aromatic carbocycles. The molecule has 0 atom stereocenters. The van der Waals surface area contributed by atoms with E-state index in [-0.39, 0.29) is 11.9 Å². The number of hydrogen-bond acceptors (Lipinski definition) is 3. The van der Waals surface area contributed by atoms with Gasteiger partial charge in [0.25, 0.3) is 5.91 Å². The number of hydrogen-bond donors (Lipinski definition) is 1. The Kier molecular flexibility index (Phi) is 3.44. The van der Waals surface area contributed by atoms with Gasteiger partial charge in [-0.3, -0.25) is 9.69 Å². The van der Waals surface area contributed by atoms with Crippen LogP contribution in [0.3, 0.4) is 0 Å². The lowest BCUT2D eigenvalue weighted by Gasteiger charge is -2.21. The Morgan fingerprint density at radius 2 is 2.10 bits per heavy atom. The van der Waals surface area contributed by atoms with E-state index in [1.165, 1.54) is 0 Å². The number of amides is 1. The molecule has 0 spiro atoms. The third kappa shape index (κ3) is 2.67. The highest BCUT2D eigenvalue weighted by molar-refractivity contribution is 9.10. The molecular formula is C15H14BrN3O. The minimum absolute atomic E-state index is 0.0222. The van der Waals surface area contributed by atoms with Gasteiger partial charge in [-0.15, -0.1) is 0 Å².